The molecule has 6 nitrogen and oxygen atoms in total. The fraction of sp³-hybridized carbons (Fsp3) is 0.391. The molecule has 0 unspecified atom stereocenters. The van der Waals surface area contributed by atoms with Gasteiger partial charge in [0.25, 0.3) is 5.91 Å². The Hall–Kier alpha value is -2.86. The van der Waals surface area contributed by atoms with Crippen LogP contribution >= 0.6 is 0 Å². The van der Waals surface area contributed by atoms with Gasteiger partial charge in [-0.15, -0.1) is 0 Å². The molecule has 0 radical (unpaired) electrons. The number of quaternary nitrogens is 1. The molecule has 6 heteroatoms. The van der Waals surface area contributed by atoms with Gasteiger partial charge in [0, 0.05) is 12.1 Å². The lowest BCUT2D eigenvalue weighted by Crippen LogP contribution is -3.16. The van der Waals surface area contributed by atoms with Crippen LogP contribution in [-0.4, -0.2) is 57.8 Å². The van der Waals surface area contributed by atoms with E-state index in [-0.39, 0.29) is 5.91 Å². The molecule has 1 saturated heterocycles. The first-order chi connectivity index (χ1) is 14.1. The maximum absolute atomic E-state index is 12.6. The van der Waals surface area contributed by atoms with Crippen molar-refractivity contribution in [2.24, 2.45) is 0 Å². The number of carbonyl (C=O) groups excluding carboxylic acids is 2. The van der Waals surface area contributed by atoms with Crippen LogP contribution in [0.25, 0.3) is 0 Å². The lowest BCUT2D eigenvalue weighted by molar-refractivity contribution is -0.892. The van der Waals surface area contributed by atoms with Gasteiger partial charge >= 0.3 is 5.97 Å². The summed E-state index contributed by atoms with van der Waals surface area (Å²) in [6, 6.07) is 17.4. The molecule has 0 saturated carbocycles. The molecular formula is C23H30N3O3+. The number of hydrogen-bond donors (Lipinski definition) is 2. The minimum Gasteiger partial charge on any atom is -0.467 e. The van der Waals surface area contributed by atoms with Crippen LogP contribution in [-0.2, 0) is 20.7 Å². The highest BCUT2D eigenvalue weighted by Crippen LogP contribution is 2.18. The van der Waals surface area contributed by atoms with Crippen LogP contribution in [0, 0.1) is 6.92 Å². The van der Waals surface area contributed by atoms with Crippen molar-refractivity contribution in [3.8, 4) is 0 Å². The van der Waals surface area contributed by atoms with Crippen molar-refractivity contribution in [1.82, 2.24) is 5.32 Å². The van der Waals surface area contributed by atoms with Gasteiger partial charge in [0.15, 0.2) is 6.54 Å². The lowest BCUT2D eigenvalue weighted by Gasteiger charge is -2.34. The van der Waals surface area contributed by atoms with Gasteiger partial charge in [-0.05, 0) is 24.1 Å². The molecule has 1 heterocycles. The van der Waals surface area contributed by atoms with Gasteiger partial charge in [-0.1, -0.05) is 48.5 Å². The second-order valence-electron chi connectivity index (χ2n) is 7.53. The van der Waals surface area contributed by atoms with E-state index in [1.54, 1.807) is 0 Å². The molecule has 2 aromatic carbocycles. The van der Waals surface area contributed by atoms with E-state index in [0.717, 1.165) is 31.7 Å². The molecule has 1 fully saturated rings. The van der Waals surface area contributed by atoms with Gasteiger partial charge in [0.1, 0.15) is 6.04 Å². The van der Waals surface area contributed by atoms with Crippen LogP contribution in [0.1, 0.15) is 11.1 Å². The van der Waals surface area contributed by atoms with Gasteiger partial charge in [-0.2, -0.15) is 0 Å². The van der Waals surface area contributed by atoms with Gasteiger partial charge in [0.05, 0.1) is 33.3 Å². The molecule has 1 atom stereocenters. The van der Waals surface area contributed by atoms with Crippen molar-refractivity contribution < 1.29 is 19.2 Å². The summed E-state index contributed by atoms with van der Waals surface area (Å²) in [5.41, 5.74) is 3.53. The van der Waals surface area contributed by atoms with E-state index in [1.807, 2.05) is 30.3 Å². The molecule has 0 aliphatic carbocycles. The highest BCUT2D eigenvalue weighted by Gasteiger charge is 2.26. The topological polar surface area (TPSA) is 63.1 Å². The third-order valence-corrected chi connectivity index (χ3v) is 5.44. The van der Waals surface area contributed by atoms with Crippen LogP contribution in [0.5, 0.6) is 0 Å². The van der Waals surface area contributed by atoms with E-state index < -0.39 is 12.0 Å². The molecule has 0 spiro atoms. The molecule has 2 aromatic rings. The predicted octanol–water partition coefficient (Wildman–Crippen LogP) is 0.600. The molecular weight excluding hydrogens is 366 g/mol. The van der Waals surface area contributed by atoms with Crippen molar-refractivity contribution >= 4 is 17.6 Å². The minimum absolute atomic E-state index is 0.115. The number of esters is 1. The summed E-state index contributed by atoms with van der Waals surface area (Å²) in [5, 5.41) is 2.87. The van der Waals surface area contributed by atoms with Gasteiger partial charge in [-0.3, -0.25) is 4.79 Å². The molecule has 0 aromatic heterocycles. The number of carbonyl (C=O) groups is 2. The number of ether oxygens (including phenoxy) is 1. The summed E-state index contributed by atoms with van der Waals surface area (Å²) < 4.78 is 4.88. The molecule has 1 amide bonds. The van der Waals surface area contributed by atoms with Crippen molar-refractivity contribution in [2.75, 3.05) is 44.7 Å². The van der Waals surface area contributed by atoms with E-state index in [9.17, 15) is 9.59 Å². The zero-order valence-electron chi connectivity index (χ0n) is 17.2. The highest BCUT2D eigenvalue weighted by atomic mass is 16.5. The second-order valence-corrected chi connectivity index (χ2v) is 7.53. The third-order valence-electron chi connectivity index (χ3n) is 5.44. The normalized spacial score (nSPS) is 15.6. The van der Waals surface area contributed by atoms with Crippen molar-refractivity contribution in [1.29, 1.82) is 0 Å². The Balaban J connectivity index is 1.51. The first-order valence-electron chi connectivity index (χ1n) is 10.1. The van der Waals surface area contributed by atoms with Crippen LogP contribution < -0.4 is 15.1 Å². The average Bonchev–Trinajstić information content (AvgIpc) is 2.74. The Morgan fingerprint density at radius 2 is 1.72 bits per heavy atom. The number of hydrogen-bond acceptors (Lipinski definition) is 4. The standard InChI is InChI=1S/C23H29N3O3/c1-18-8-6-7-11-21(18)26-14-12-25(13-15-26)17-22(27)24-20(23(28)29-2)16-19-9-4-3-5-10-19/h3-11,20H,12-17H2,1-2H3,(H,24,27)/p+1/t20-/m0/s1. The summed E-state index contributed by atoms with van der Waals surface area (Å²) in [5.74, 6) is -0.530. The SMILES string of the molecule is COC(=O)[C@H](Cc1ccccc1)NC(=O)C[NH+]1CCN(c2ccccc2C)CC1. The van der Waals surface area contributed by atoms with E-state index >= 15 is 0 Å². The number of nitrogens with one attached hydrogen (secondary N) is 2. The van der Waals surface area contributed by atoms with E-state index in [4.69, 9.17) is 4.74 Å². The van der Waals surface area contributed by atoms with Crippen LogP contribution in [0.4, 0.5) is 5.69 Å². The number of aryl methyl sites for hydroxylation is 1. The number of anilines is 1. The average molecular weight is 397 g/mol. The van der Waals surface area contributed by atoms with E-state index in [1.165, 1.54) is 23.3 Å². The number of nitrogens with zero attached hydrogens (tertiary/aromatic N) is 1. The molecule has 1 aliphatic rings. The maximum Gasteiger partial charge on any atom is 0.328 e. The van der Waals surface area contributed by atoms with Crippen molar-refractivity contribution in [3.63, 3.8) is 0 Å². The number of methoxy groups -OCH3 is 1. The van der Waals surface area contributed by atoms with Crippen LogP contribution in [0.2, 0.25) is 0 Å². The molecule has 3 rings (SSSR count). The molecule has 154 valence electrons. The Kier molecular flexibility index (Phi) is 7.25. The largest absolute Gasteiger partial charge is 0.467 e. The number of benzene rings is 2. The summed E-state index contributed by atoms with van der Waals surface area (Å²) >= 11 is 0. The minimum atomic E-state index is -0.664. The number of amides is 1. The van der Waals surface area contributed by atoms with Crippen molar-refractivity contribution in [3.05, 3.63) is 65.7 Å². The van der Waals surface area contributed by atoms with Crippen molar-refractivity contribution in [2.45, 2.75) is 19.4 Å². The zero-order chi connectivity index (χ0) is 20.6. The summed E-state index contributed by atoms with van der Waals surface area (Å²) in [6.45, 7) is 6.11. The summed E-state index contributed by atoms with van der Waals surface area (Å²) in [4.78, 5) is 28.3. The lowest BCUT2D eigenvalue weighted by atomic mass is 10.1. The first kappa shape index (κ1) is 20.9. The Bertz CT molecular complexity index is 817. The first-order valence-corrected chi connectivity index (χ1v) is 10.1. The maximum atomic E-state index is 12.6. The number of rotatable bonds is 7. The van der Waals surface area contributed by atoms with Gasteiger partial charge < -0.3 is 19.9 Å². The molecule has 0 bridgehead atoms. The van der Waals surface area contributed by atoms with Gasteiger partial charge in [-0.25, -0.2) is 4.79 Å². The molecule has 1 aliphatic heterocycles. The molecule has 2 N–H and O–H groups in total. The summed E-state index contributed by atoms with van der Waals surface area (Å²) in [6.07, 6.45) is 0.426. The smallest absolute Gasteiger partial charge is 0.328 e. The fourth-order valence-electron chi connectivity index (χ4n) is 3.82. The number of piperazine rings is 1. The quantitative estimate of drug-likeness (QED) is 0.673. The van der Waals surface area contributed by atoms with Crippen LogP contribution in [0.3, 0.4) is 0 Å². The Morgan fingerprint density at radius 3 is 2.38 bits per heavy atom. The monoisotopic (exact) mass is 396 g/mol. The zero-order valence-corrected chi connectivity index (χ0v) is 17.2. The highest BCUT2D eigenvalue weighted by molar-refractivity contribution is 5.85. The van der Waals surface area contributed by atoms with Crippen LogP contribution in [0.15, 0.2) is 54.6 Å². The Labute approximate surface area is 172 Å². The van der Waals surface area contributed by atoms with E-state index in [0.29, 0.717) is 13.0 Å². The Morgan fingerprint density at radius 1 is 1.07 bits per heavy atom. The molecule has 29 heavy (non-hydrogen) atoms. The number of para-hydroxylation sites is 1. The fourth-order valence-corrected chi connectivity index (χ4v) is 3.82. The van der Waals surface area contributed by atoms with E-state index in [2.05, 4.69) is 41.4 Å². The summed E-state index contributed by atoms with van der Waals surface area (Å²) in [7, 11) is 1.35. The third kappa shape index (κ3) is 5.81. The van der Waals surface area contributed by atoms with Gasteiger partial charge in [0.2, 0.25) is 0 Å². The predicted molar refractivity (Wildman–Crippen MR) is 113 cm³/mol. The second kappa shape index (κ2) is 10.1.